The van der Waals surface area contributed by atoms with Crippen molar-refractivity contribution in [2.45, 2.75) is 31.2 Å². The first kappa shape index (κ1) is 26.0. The van der Waals surface area contributed by atoms with Crippen LogP contribution in [0.2, 0.25) is 5.02 Å². The van der Waals surface area contributed by atoms with Gasteiger partial charge in [-0.15, -0.1) is 12.4 Å². The Hall–Kier alpha value is -2.23. The van der Waals surface area contributed by atoms with E-state index in [1.54, 1.807) is 4.90 Å². The summed E-state index contributed by atoms with van der Waals surface area (Å²) >= 11 is 5.75. The molecular formula is C21H22Cl2F4N2O3. The molecule has 3 rings (SSSR count). The van der Waals surface area contributed by atoms with Crippen molar-refractivity contribution in [2.75, 3.05) is 25.0 Å². The number of alkyl halides is 3. The van der Waals surface area contributed by atoms with E-state index in [1.807, 2.05) is 0 Å². The van der Waals surface area contributed by atoms with Crippen LogP contribution in [0.15, 0.2) is 48.5 Å². The molecule has 1 fully saturated rings. The van der Waals surface area contributed by atoms with E-state index in [4.69, 9.17) is 16.3 Å². The first-order chi connectivity index (χ1) is 14.7. The summed E-state index contributed by atoms with van der Waals surface area (Å²) < 4.78 is 63.9. The van der Waals surface area contributed by atoms with Gasteiger partial charge in [-0.2, -0.15) is 13.2 Å². The van der Waals surface area contributed by atoms with Gasteiger partial charge in [0.05, 0.1) is 0 Å². The van der Waals surface area contributed by atoms with E-state index < -0.39 is 30.7 Å². The molecule has 176 valence electrons. The quantitative estimate of drug-likeness (QED) is 0.504. The third-order valence-corrected chi connectivity index (χ3v) is 4.96. The Bertz CT molecular complexity index is 867. The lowest BCUT2D eigenvalue weighted by atomic mass is 10.1. The smallest absolute Gasteiger partial charge is 0.426 e. The molecule has 0 aliphatic carbocycles. The minimum absolute atomic E-state index is 0. The normalized spacial score (nSPS) is 17.7. The maximum atomic E-state index is 13.5. The van der Waals surface area contributed by atoms with Gasteiger partial charge in [0.15, 0.2) is 0 Å². The van der Waals surface area contributed by atoms with Crippen molar-refractivity contribution in [3.8, 4) is 5.75 Å². The Morgan fingerprint density at radius 1 is 1.16 bits per heavy atom. The second-order valence-electron chi connectivity index (χ2n) is 7.16. The van der Waals surface area contributed by atoms with Gasteiger partial charge in [0.1, 0.15) is 17.7 Å². The average molecular weight is 497 g/mol. The number of piperidine rings is 1. The fraction of sp³-hybridized carbons (Fsp3) is 0.381. The van der Waals surface area contributed by atoms with E-state index >= 15 is 0 Å². The molecule has 5 nitrogen and oxygen atoms in total. The number of hydrogen-bond acceptors (Lipinski definition) is 4. The number of hydrogen-bond donors (Lipinski definition) is 1. The molecule has 2 aromatic carbocycles. The average Bonchev–Trinajstić information content (AvgIpc) is 2.71. The van der Waals surface area contributed by atoms with Crippen LogP contribution in [-0.2, 0) is 4.74 Å². The van der Waals surface area contributed by atoms with Crippen LogP contribution in [0, 0.1) is 5.82 Å². The fourth-order valence-electron chi connectivity index (χ4n) is 3.23. The van der Waals surface area contributed by atoms with Crippen molar-refractivity contribution in [2.24, 2.45) is 0 Å². The third kappa shape index (κ3) is 8.03. The largest absolute Gasteiger partial charge is 0.489 e. The molecular weight excluding hydrogens is 475 g/mol. The molecule has 0 radical (unpaired) electrons. The molecule has 2 aromatic rings. The molecule has 1 heterocycles. The zero-order chi connectivity index (χ0) is 22.4. The van der Waals surface area contributed by atoms with Crippen molar-refractivity contribution >= 4 is 35.8 Å². The molecule has 1 aliphatic heterocycles. The van der Waals surface area contributed by atoms with Crippen LogP contribution in [0.5, 0.6) is 5.75 Å². The number of halogens is 6. The van der Waals surface area contributed by atoms with Gasteiger partial charge in [-0.05, 0) is 67.9 Å². The summed E-state index contributed by atoms with van der Waals surface area (Å²) in [5.74, 6) is 0.0406. The van der Waals surface area contributed by atoms with Crippen LogP contribution in [0.3, 0.4) is 0 Å². The lowest BCUT2D eigenvalue weighted by Crippen LogP contribution is -2.49. The molecule has 0 bridgehead atoms. The van der Waals surface area contributed by atoms with Crippen molar-refractivity contribution in [3.63, 3.8) is 0 Å². The Labute approximate surface area is 194 Å². The number of ether oxygens (including phenoxy) is 2. The Morgan fingerprint density at radius 3 is 2.44 bits per heavy atom. The number of benzene rings is 2. The topological polar surface area (TPSA) is 50.8 Å². The molecule has 0 saturated carbocycles. The number of likely N-dealkylation sites (tertiary alicyclic amines) is 1. The van der Waals surface area contributed by atoms with Crippen LogP contribution < -0.4 is 10.1 Å². The Balaban J connectivity index is 0.00000363. The summed E-state index contributed by atoms with van der Waals surface area (Å²) in [6.07, 6.45) is -7.32. The first-order valence-electron chi connectivity index (χ1n) is 9.63. The SMILES string of the molecule is Cl.O=C(Nc1ccc(Cl)cc1)O[C@@H](CN1CCCC(Oc2ccc(F)cc2)C1)C(F)(F)F. The van der Waals surface area contributed by atoms with Crippen LogP contribution in [0.25, 0.3) is 0 Å². The first-order valence-corrected chi connectivity index (χ1v) is 10.0. The van der Waals surface area contributed by atoms with E-state index in [0.29, 0.717) is 30.2 Å². The van der Waals surface area contributed by atoms with E-state index in [1.165, 1.54) is 48.5 Å². The number of carbonyl (C=O) groups excluding carboxylic acids is 1. The Morgan fingerprint density at radius 2 is 1.81 bits per heavy atom. The predicted molar refractivity (Wildman–Crippen MR) is 115 cm³/mol. The van der Waals surface area contributed by atoms with Gasteiger partial charge < -0.3 is 9.47 Å². The van der Waals surface area contributed by atoms with Gasteiger partial charge in [-0.25, -0.2) is 9.18 Å². The molecule has 1 aliphatic rings. The standard InChI is InChI=1S/C21H21ClF4N2O3.ClH/c22-14-3-7-16(8-4-14)27-20(29)31-19(21(24,25)26)13-28-11-1-2-18(12-28)30-17-9-5-15(23)6-10-17;/h3-10,18-19H,1-2,11-13H2,(H,27,29);1H/t18?,19-;/m0./s1. The van der Waals surface area contributed by atoms with Gasteiger partial charge in [-0.1, -0.05) is 11.6 Å². The van der Waals surface area contributed by atoms with Crippen LogP contribution in [-0.4, -0.2) is 49.0 Å². The summed E-state index contributed by atoms with van der Waals surface area (Å²) in [7, 11) is 0. The van der Waals surface area contributed by atoms with Gasteiger partial charge in [0.2, 0.25) is 6.10 Å². The molecule has 1 saturated heterocycles. The van der Waals surface area contributed by atoms with E-state index in [2.05, 4.69) is 10.1 Å². The molecule has 1 unspecified atom stereocenters. The van der Waals surface area contributed by atoms with Crippen LogP contribution in [0.4, 0.5) is 28.0 Å². The number of rotatable bonds is 6. The predicted octanol–water partition coefficient (Wildman–Crippen LogP) is 5.92. The highest BCUT2D eigenvalue weighted by atomic mass is 35.5. The van der Waals surface area contributed by atoms with E-state index in [0.717, 1.165) is 0 Å². The lowest BCUT2D eigenvalue weighted by Gasteiger charge is -2.35. The zero-order valence-electron chi connectivity index (χ0n) is 16.8. The zero-order valence-corrected chi connectivity index (χ0v) is 18.4. The minimum atomic E-state index is -4.73. The summed E-state index contributed by atoms with van der Waals surface area (Å²) in [5, 5.41) is 2.69. The highest BCUT2D eigenvalue weighted by Crippen LogP contribution is 2.26. The van der Waals surface area contributed by atoms with Gasteiger partial charge in [-0.3, -0.25) is 10.2 Å². The summed E-state index contributed by atoms with van der Waals surface area (Å²) in [6, 6.07) is 11.3. The van der Waals surface area contributed by atoms with Crippen molar-refractivity contribution in [1.82, 2.24) is 4.90 Å². The fourth-order valence-corrected chi connectivity index (χ4v) is 3.36. The minimum Gasteiger partial charge on any atom is -0.489 e. The number of nitrogens with one attached hydrogen (secondary N) is 1. The van der Waals surface area contributed by atoms with E-state index in [9.17, 15) is 22.4 Å². The maximum Gasteiger partial charge on any atom is 0.426 e. The van der Waals surface area contributed by atoms with Crippen LogP contribution >= 0.6 is 24.0 Å². The molecule has 1 N–H and O–H groups in total. The molecule has 11 heteroatoms. The molecule has 32 heavy (non-hydrogen) atoms. The highest BCUT2D eigenvalue weighted by molar-refractivity contribution is 6.30. The lowest BCUT2D eigenvalue weighted by molar-refractivity contribution is -0.207. The van der Waals surface area contributed by atoms with Crippen molar-refractivity contribution in [3.05, 3.63) is 59.4 Å². The van der Waals surface area contributed by atoms with Gasteiger partial charge in [0, 0.05) is 23.8 Å². The molecule has 0 aromatic heterocycles. The molecule has 1 amide bonds. The van der Waals surface area contributed by atoms with Gasteiger partial charge >= 0.3 is 12.3 Å². The molecule has 2 atom stereocenters. The van der Waals surface area contributed by atoms with Gasteiger partial charge in [0.25, 0.3) is 0 Å². The Kier molecular flexibility index (Phi) is 9.42. The summed E-state index contributed by atoms with van der Waals surface area (Å²) in [5.41, 5.74) is 0.265. The second kappa shape index (κ2) is 11.6. The number of amides is 1. The highest BCUT2D eigenvalue weighted by Gasteiger charge is 2.44. The monoisotopic (exact) mass is 496 g/mol. The number of anilines is 1. The summed E-state index contributed by atoms with van der Waals surface area (Å²) in [6.45, 7) is 0.130. The van der Waals surface area contributed by atoms with Crippen LogP contribution in [0.1, 0.15) is 12.8 Å². The number of carbonyl (C=O) groups is 1. The summed E-state index contributed by atoms with van der Waals surface area (Å²) in [4.78, 5) is 13.5. The van der Waals surface area contributed by atoms with E-state index in [-0.39, 0.29) is 30.7 Å². The second-order valence-corrected chi connectivity index (χ2v) is 7.60. The maximum absolute atomic E-state index is 13.5. The number of nitrogens with zero attached hydrogens (tertiary/aromatic N) is 1. The molecule has 0 spiro atoms. The third-order valence-electron chi connectivity index (χ3n) is 4.71. The van der Waals surface area contributed by atoms with Crippen molar-refractivity contribution < 1.29 is 31.8 Å². The van der Waals surface area contributed by atoms with Crippen molar-refractivity contribution in [1.29, 1.82) is 0 Å².